The average Bonchev–Trinajstić information content (AvgIpc) is 2.54. The third kappa shape index (κ3) is 3.84. The minimum atomic E-state index is -0.290. The molecule has 1 atom stereocenters. The van der Waals surface area contributed by atoms with Gasteiger partial charge in [0.05, 0.1) is 17.5 Å². The fourth-order valence-electron chi connectivity index (χ4n) is 2.61. The SMILES string of the molecule is O=C(Cc1cc(Cl)c2c(c1)OCCO2)OCC1CCCCO1. The van der Waals surface area contributed by atoms with Crippen LogP contribution in [0.5, 0.6) is 11.5 Å². The van der Waals surface area contributed by atoms with Gasteiger partial charge in [0, 0.05) is 6.61 Å². The molecule has 0 aromatic heterocycles. The lowest BCUT2D eigenvalue weighted by Crippen LogP contribution is -2.26. The second kappa shape index (κ2) is 7.20. The van der Waals surface area contributed by atoms with Crippen molar-refractivity contribution in [2.24, 2.45) is 0 Å². The summed E-state index contributed by atoms with van der Waals surface area (Å²) in [5.74, 6) is 0.833. The Bertz CT molecular complexity index is 540. The van der Waals surface area contributed by atoms with Crippen molar-refractivity contribution in [1.29, 1.82) is 0 Å². The Morgan fingerprint density at radius 2 is 2.09 bits per heavy atom. The highest BCUT2D eigenvalue weighted by Gasteiger charge is 2.19. The minimum Gasteiger partial charge on any atom is -0.486 e. The van der Waals surface area contributed by atoms with Crippen LogP contribution in [0.4, 0.5) is 0 Å². The highest BCUT2D eigenvalue weighted by atomic mass is 35.5. The summed E-state index contributed by atoms with van der Waals surface area (Å²) in [4.78, 5) is 11.9. The molecular formula is C16H19ClO5. The number of benzene rings is 1. The molecule has 1 aromatic rings. The van der Waals surface area contributed by atoms with E-state index in [0.29, 0.717) is 36.3 Å². The Hall–Kier alpha value is -1.46. The van der Waals surface area contributed by atoms with Crippen molar-refractivity contribution in [1.82, 2.24) is 0 Å². The molecule has 0 aliphatic carbocycles. The van der Waals surface area contributed by atoms with Gasteiger partial charge >= 0.3 is 5.97 Å². The van der Waals surface area contributed by atoms with E-state index in [9.17, 15) is 4.79 Å². The molecule has 3 rings (SSSR count). The molecule has 1 fully saturated rings. The van der Waals surface area contributed by atoms with Crippen LogP contribution < -0.4 is 9.47 Å². The summed E-state index contributed by atoms with van der Waals surface area (Å²) >= 11 is 6.15. The first kappa shape index (κ1) is 15.4. The third-order valence-electron chi connectivity index (χ3n) is 3.71. The standard InChI is InChI=1S/C16H19ClO5/c17-13-7-11(8-14-16(13)21-6-5-20-14)9-15(18)22-10-12-3-1-2-4-19-12/h7-8,12H,1-6,9-10H2. The van der Waals surface area contributed by atoms with Gasteiger partial charge in [0.1, 0.15) is 19.8 Å². The summed E-state index contributed by atoms with van der Waals surface area (Å²) in [6.07, 6.45) is 3.34. The molecule has 6 heteroatoms. The molecule has 5 nitrogen and oxygen atoms in total. The van der Waals surface area contributed by atoms with Crippen LogP contribution in [0, 0.1) is 0 Å². The van der Waals surface area contributed by atoms with Crippen molar-refractivity contribution in [2.75, 3.05) is 26.4 Å². The van der Waals surface area contributed by atoms with Gasteiger partial charge in [-0.1, -0.05) is 11.6 Å². The van der Waals surface area contributed by atoms with Crippen LogP contribution in [0.1, 0.15) is 24.8 Å². The second-order valence-corrected chi connectivity index (χ2v) is 5.86. The lowest BCUT2D eigenvalue weighted by atomic mass is 10.1. The Balaban J connectivity index is 1.55. The predicted molar refractivity (Wildman–Crippen MR) is 80.7 cm³/mol. The second-order valence-electron chi connectivity index (χ2n) is 5.45. The van der Waals surface area contributed by atoms with Gasteiger partial charge < -0.3 is 18.9 Å². The normalized spacial score (nSPS) is 20.5. The Morgan fingerprint density at radius 3 is 2.91 bits per heavy atom. The van der Waals surface area contributed by atoms with E-state index in [2.05, 4.69) is 0 Å². The monoisotopic (exact) mass is 326 g/mol. The number of fused-ring (bicyclic) bond motifs is 1. The van der Waals surface area contributed by atoms with E-state index in [-0.39, 0.29) is 18.5 Å². The van der Waals surface area contributed by atoms with Crippen LogP contribution in [0.15, 0.2) is 12.1 Å². The number of rotatable bonds is 4. The van der Waals surface area contributed by atoms with Crippen molar-refractivity contribution in [3.8, 4) is 11.5 Å². The first-order valence-electron chi connectivity index (χ1n) is 7.57. The zero-order valence-corrected chi connectivity index (χ0v) is 13.1. The first-order valence-corrected chi connectivity index (χ1v) is 7.95. The number of hydrogen-bond donors (Lipinski definition) is 0. The maximum atomic E-state index is 11.9. The van der Waals surface area contributed by atoms with Gasteiger partial charge in [-0.2, -0.15) is 0 Å². The highest BCUT2D eigenvalue weighted by Crippen LogP contribution is 2.38. The van der Waals surface area contributed by atoms with Gasteiger partial charge in [-0.05, 0) is 37.0 Å². The van der Waals surface area contributed by atoms with E-state index in [1.54, 1.807) is 12.1 Å². The van der Waals surface area contributed by atoms with Gasteiger partial charge in [-0.3, -0.25) is 4.79 Å². The minimum absolute atomic E-state index is 0.0292. The Labute approximate surface area is 134 Å². The predicted octanol–water partition coefficient (Wildman–Crippen LogP) is 2.77. The molecule has 22 heavy (non-hydrogen) atoms. The topological polar surface area (TPSA) is 54.0 Å². The Kier molecular flexibility index (Phi) is 5.05. The van der Waals surface area contributed by atoms with Crippen LogP contribution in [0.2, 0.25) is 5.02 Å². The molecule has 2 aliphatic rings. The molecule has 1 saturated heterocycles. The molecule has 0 radical (unpaired) electrons. The van der Waals surface area contributed by atoms with Gasteiger partial charge in [-0.15, -0.1) is 0 Å². The smallest absolute Gasteiger partial charge is 0.310 e. The van der Waals surface area contributed by atoms with E-state index < -0.39 is 0 Å². The molecule has 2 aliphatic heterocycles. The summed E-state index contributed by atoms with van der Waals surface area (Å²) < 4.78 is 21.8. The molecule has 0 amide bonds. The summed E-state index contributed by atoms with van der Waals surface area (Å²) in [7, 11) is 0. The highest BCUT2D eigenvalue weighted by molar-refractivity contribution is 6.32. The average molecular weight is 327 g/mol. The zero-order chi connectivity index (χ0) is 15.4. The van der Waals surface area contributed by atoms with Gasteiger partial charge in [0.15, 0.2) is 11.5 Å². The molecule has 0 N–H and O–H groups in total. The molecule has 2 heterocycles. The van der Waals surface area contributed by atoms with Gasteiger partial charge in [0.25, 0.3) is 0 Å². The van der Waals surface area contributed by atoms with Crippen LogP contribution >= 0.6 is 11.6 Å². The third-order valence-corrected chi connectivity index (χ3v) is 3.99. The molecule has 0 spiro atoms. The van der Waals surface area contributed by atoms with Crippen molar-refractivity contribution in [3.05, 3.63) is 22.7 Å². The molecule has 120 valence electrons. The largest absolute Gasteiger partial charge is 0.486 e. The fourth-order valence-corrected chi connectivity index (χ4v) is 2.90. The maximum absolute atomic E-state index is 11.9. The summed E-state index contributed by atoms with van der Waals surface area (Å²) in [6.45, 7) is 2.03. The fraction of sp³-hybridized carbons (Fsp3) is 0.562. The lowest BCUT2D eigenvalue weighted by molar-refractivity contribution is -0.148. The Morgan fingerprint density at radius 1 is 1.23 bits per heavy atom. The summed E-state index contributed by atoms with van der Waals surface area (Å²) in [5.41, 5.74) is 0.754. The van der Waals surface area contributed by atoms with E-state index in [4.69, 9.17) is 30.5 Å². The first-order chi connectivity index (χ1) is 10.7. The van der Waals surface area contributed by atoms with Crippen molar-refractivity contribution in [2.45, 2.75) is 31.8 Å². The van der Waals surface area contributed by atoms with Crippen LogP contribution in [0.25, 0.3) is 0 Å². The lowest BCUT2D eigenvalue weighted by Gasteiger charge is -2.22. The molecule has 1 unspecified atom stereocenters. The molecule has 0 bridgehead atoms. The summed E-state index contributed by atoms with van der Waals surface area (Å²) in [5, 5.41) is 0.454. The van der Waals surface area contributed by atoms with Crippen molar-refractivity contribution >= 4 is 17.6 Å². The van der Waals surface area contributed by atoms with Crippen LogP contribution in [-0.4, -0.2) is 38.5 Å². The van der Waals surface area contributed by atoms with Gasteiger partial charge in [-0.25, -0.2) is 0 Å². The molecule has 1 aromatic carbocycles. The zero-order valence-electron chi connectivity index (χ0n) is 12.3. The summed E-state index contributed by atoms with van der Waals surface area (Å²) in [6, 6.07) is 3.49. The van der Waals surface area contributed by atoms with E-state index in [0.717, 1.165) is 31.4 Å². The number of carbonyl (C=O) groups excluding carboxylic acids is 1. The van der Waals surface area contributed by atoms with Crippen LogP contribution in [0.3, 0.4) is 0 Å². The van der Waals surface area contributed by atoms with Crippen LogP contribution in [-0.2, 0) is 20.7 Å². The number of halogens is 1. The number of hydrogen-bond acceptors (Lipinski definition) is 5. The van der Waals surface area contributed by atoms with E-state index in [1.165, 1.54) is 0 Å². The number of ether oxygens (including phenoxy) is 4. The van der Waals surface area contributed by atoms with E-state index in [1.807, 2.05) is 0 Å². The van der Waals surface area contributed by atoms with E-state index >= 15 is 0 Å². The van der Waals surface area contributed by atoms with Crippen molar-refractivity contribution < 1.29 is 23.7 Å². The number of carbonyl (C=O) groups is 1. The van der Waals surface area contributed by atoms with Crippen molar-refractivity contribution in [3.63, 3.8) is 0 Å². The maximum Gasteiger partial charge on any atom is 0.310 e. The number of esters is 1. The quantitative estimate of drug-likeness (QED) is 0.796. The molecule has 0 saturated carbocycles. The van der Waals surface area contributed by atoms with Gasteiger partial charge in [0.2, 0.25) is 0 Å². The molecular weight excluding hydrogens is 308 g/mol.